The Morgan fingerprint density at radius 1 is 1.44 bits per heavy atom. The summed E-state index contributed by atoms with van der Waals surface area (Å²) in [6.07, 6.45) is -0.350. The van der Waals surface area contributed by atoms with Crippen LogP contribution in [0.2, 0.25) is 0 Å². The number of aromatic nitrogens is 2. The molecule has 0 fully saturated rings. The Kier molecular flexibility index (Phi) is 2.44. The molecular weight excluding hydrogens is 208 g/mol. The molecule has 82 valence electrons. The maximum Gasteiger partial charge on any atom is 0.309 e. The van der Waals surface area contributed by atoms with Crippen LogP contribution in [-0.4, -0.2) is 20.9 Å². The van der Waals surface area contributed by atoms with Crippen molar-refractivity contribution in [2.24, 2.45) is 7.05 Å². The second kappa shape index (κ2) is 3.77. The topological polar surface area (TPSA) is 72.2 Å². The van der Waals surface area contributed by atoms with Crippen LogP contribution in [-0.2, 0) is 18.3 Å². The molecule has 1 heterocycles. The first-order valence-corrected chi connectivity index (χ1v) is 4.76. The summed E-state index contributed by atoms with van der Waals surface area (Å²) in [6.45, 7) is 0. The minimum Gasteiger partial charge on any atom is -0.481 e. The lowest BCUT2D eigenvalue weighted by atomic mass is 10.2. The Morgan fingerprint density at radius 2 is 2.12 bits per heavy atom. The van der Waals surface area contributed by atoms with Crippen LogP contribution in [0.3, 0.4) is 0 Å². The lowest BCUT2D eigenvalue weighted by Gasteiger charge is -2.05. The minimum absolute atomic E-state index is 0.0636. The summed E-state index contributed by atoms with van der Waals surface area (Å²) < 4.78 is 1.52. The second-order valence-corrected chi connectivity index (χ2v) is 3.49. The van der Waals surface area contributed by atoms with Gasteiger partial charge in [0.15, 0.2) is 0 Å². The van der Waals surface area contributed by atoms with Crippen LogP contribution in [0.4, 0.5) is 0 Å². The average molecular weight is 218 g/mol. The van der Waals surface area contributed by atoms with Crippen LogP contribution in [0.15, 0.2) is 29.1 Å². The van der Waals surface area contributed by atoms with Crippen LogP contribution in [0.1, 0.15) is 5.69 Å². The van der Waals surface area contributed by atoms with Crippen molar-refractivity contribution in [3.63, 3.8) is 0 Å². The molecule has 0 aliphatic carbocycles. The molecule has 5 nitrogen and oxygen atoms in total. The average Bonchev–Trinajstić information content (AvgIpc) is 2.25. The van der Waals surface area contributed by atoms with Gasteiger partial charge in [0, 0.05) is 12.4 Å². The number of aliphatic carboxylic acids is 1. The van der Waals surface area contributed by atoms with Crippen molar-refractivity contribution in [2.75, 3.05) is 0 Å². The van der Waals surface area contributed by atoms with E-state index < -0.39 is 5.97 Å². The Balaban J connectivity index is 2.75. The summed E-state index contributed by atoms with van der Waals surface area (Å²) in [5.41, 5.74) is 0.450. The lowest BCUT2D eigenvalue weighted by Crippen LogP contribution is -2.20. The number of carboxylic acids is 1. The van der Waals surface area contributed by atoms with Crippen LogP contribution < -0.4 is 5.43 Å². The van der Waals surface area contributed by atoms with Gasteiger partial charge in [-0.1, -0.05) is 12.1 Å². The fourth-order valence-electron chi connectivity index (χ4n) is 1.64. The standard InChI is InChI=1S/C11H10N2O3/c1-13-9-5-3-2-4-7(9)11(16)8(12-13)6-10(14)15/h2-5H,6H2,1H3,(H,14,15). The summed E-state index contributed by atoms with van der Waals surface area (Å²) >= 11 is 0. The number of carbonyl (C=O) groups is 1. The predicted octanol–water partition coefficient (Wildman–Crippen LogP) is 0.561. The van der Waals surface area contributed by atoms with Crippen molar-refractivity contribution in [1.82, 2.24) is 9.78 Å². The highest BCUT2D eigenvalue weighted by Crippen LogP contribution is 2.07. The Bertz CT molecular complexity index is 616. The van der Waals surface area contributed by atoms with E-state index in [2.05, 4.69) is 5.10 Å². The van der Waals surface area contributed by atoms with Gasteiger partial charge >= 0.3 is 5.97 Å². The van der Waals surface area contributed by atoms with Gasteiger partial charge in [0.2, 0.25) is 5.43 Å². The highest BCUT2D eigenvalue weighted by atomic mass is 16.4. The van der Waals surface area contributed by atoms with Gasteiger partial charge in [-0.3, -0.25) is 14.3 Å². The summed E-state index contributed by atoms with van der Waals surface area (Å²) in [4.78, 5) is 22.5. The molecule has 1 aromatic carbocycles. The molecule has 0 amide bonds. The van der Waals surface area contributed by atoms with E-state index in [4.69, 9.17) is 5.11 Å². The molecule has 0 aliphatic heterocycles. The van der Waals surface area contributed by atoms with Crippen molar-refractivity contribution in [1.29, 1.82) is 0 Å². The van der Waals surface area contributed by atoms with Gasteiger partial charge in [-0.25, -0.2) is 0 Å². The van der Waals surface area contributed by atoms with Gasteiger partial charge in [0.05, 0.1) is 11.9 Å². The summed E-state index contributed by atoms with van der Waals surface area (Å²) in [7, 11) is 1.69. The normalized spacial score (nSPS) is 10.6. The van der Waals surface area contributed by atoms with Crippen LogP contribution in [0.25, 0.3) is 10.9 Å². The first kappa shape index (κ1) is 10.4. The van der Waals surface area contributed by atoms with Gasteiger partial charge in [0.25, 0.3) is 0 Å². The molecule has 0 saturated heterocycles. The zero-order valence-corrected chi connectivity index (χ0v) is 8.67. The molecular formula is C11H10N2O3. The Hall–Kier alpha value is -2.17. The van der Waals surface area contributed by atoms with Gasteiger partial charge < -0.3 is 5.11 Å². The Labute approximate surface area is 90.9 Å². The number of carboxylic acid groups (broad SMARTS) is 1. The number of nitrogens with zero attached hydrogens (tertiary/aromatic N) is 2. The van der Waals surface area contributed by atoms with Gasteiger partial charge in [-0.05, 0) is 12.1 Å². The molecule has 0 spiro atoms. The molecule has 1 N–H and O–H groups in total. The maximum absolute atomic E-state index is 11.9. The summed E-state index contributed by atoms with van der Waals surface area (Å²) in [5, 5.41) is 13.1. The maximum atomic E-state index is 11.9. The molecule has 5 heteroatoms. The molecule has 0 radical (unpaired) electrons. The van der Waals surface area contributed by atoms with E-state index in [1.54, 1.807) is 31.3 Å². The molecule has 16 heavy (non-hydrogen) atoms. The SMILES string of the molecule is Cn1nc(CC(=O)O)c(=O)c2ccccc21. The predicted molar refractivity (Wildman–Crippen MR) is 58.3 cm³/mol. The van der Waals surface area contributed by atoms with E-state index in [1.807, 2.05) is 0 Å². The van der Waals surface area contributed by atoms with Crippen molar-refractivity contribution in [2.45, 2.75) is 6.42 Å². The fourth-order valence-corrected chi connectivity index (χ4v) is 1.64. The van der Waals surface area contributed by atoms with Gasteiger partial charge in [-0.2, -0.15) is 5.10 Å². The van der Waals surface area contributed by atoms with Crippen LogP contribution >= 0.6 is 0 Å². The zero-order valence-electron chi connectivity index (χ0n) is 8.67. The molecule has 2 aromatic rings. The van der Waals surface area contributed by atoms with Gasteiger partial charge in [0.1, 0.15) is 5.69 Å². The number of hydrogen-bond donors (Lipinski definition) is 1. The zero-order chi connectivity index (χ0) is 11.7. The Morgan fingerprint density at radius 3 is 2.81 bits per heavy atom. The monoisotopic (exact) mass is 218 g/mol. The molecule has 0 atom stereocenters. The second-order valence-electron chi connectivity index (χ2n) is 3.49. The smallest absolute Gasteiger partial charge is 0.309 e. The molecule has 1 aromatic heterocycles. The highest BCUT2D eigenvalue weighted by molar-refractivity contribution is 5.79. The minimum atomic E-state index is -1.06. The number of aryl methyl sites for hydroxylation is 1. The largest absolute Gasteiger partial charge is 0.481 e. The van der Waals surface area contributed by atoms with Crippen LogP contribution in [0.5, 0.6) is 0 Å². The first-order valence-electron chi connectivity index (χ1n) is 4.76. The quantitative estimate of drug-likeness (QED) is 0.799. The van der Waals surface area contributed by atoms with E-state index in [1.165, 1.54) is 4.68 Å². The van der Waals surface area contributed by atoms with Crippen molar-refractivity contribution in [3.05, 3.63) is 40.2 Å². The van der Waals surface area contributed by atoms with Crippen LogP contribution in [0, 0.1) is 0 Å². The van der Waals surface area contributed by atoms with Gasteiger partial charge in [-0.15, -0.1) is 0 Å². The van der Waals surface area contributed by atoms with E-state index in [9.17, 15) is 9.59 Å². The molecule has 2 rings (SSSR count). The number of benzene rings is 1. The first-order chi connectivity index (χ1) is 7.59. The summed E-state index contributed by atoms with van der Waals surface area (Å²) in [6, 6.07) is 6.99. The fraction of sp³-hybridized carbons (Fsp3) is 0.182. The third-order valence-corrected chi connectivity index (χ3v) is 2.35. The van der Waals surface area contributed by atoms with Crippen molar-refractivity contribution in [3.8, 4) is 0 Å². The lowest BCUT2D eigenvalue weighted by molar-refractivity contribution is -0.136. The molecule has 0 bridgehead atoms. The van der Waals surface area contributed by atoms with E-state index in [0.29, 0.717) is 10.9 Å². The third-order valence-electron chi connectivity index (χ3n) is 2.35. The number of hydrogen-bond acceptors (Lipinski definition) is 3. The summed E-state index contributed by atoms with van der Waals surface area (Å²) in [5.74, 6) is -1.06. The van der Waals surface area contributed by atoms with E-state index in [0.717, 1.165) is 0 Å². The van der Waals surface area contributed by atoms with E-state index in [-0.39, 0.29) is 17.5 Å². The number of rotatable bonds is 2. The number of fused-ring (bicyclic) bond motifs is 1. The highest BCUT2D eigenvalue weighted by Gasteiger charge is 2.11. The molecule has 0 saturated carbocycles. The van der Waals surface area contributed by atoms with E-state index >= 15 is 0 Å². The molecule has 0 aliphatic rings. The van der Waals surface area contributed by atoms with Crippen molar-refractivity contribution >= 4 is 16.9 Å². The molecule has 0 unspecified atom stereocenters. The third kappa shape index (κ3) is 1.67. The van der Waals surface area contributed by atoms with Crippen molar-refractivity contribution < 1.29 is 9.90 Å². The number of para-hydroxylation sites is 1.